The second-order valence-electron chi connectivity index (χ2n) is 4.96. The van der Waals surface area contributed by atoms with Gasteiger partial charge in [-0.15, -0.1) is 0 Å². The highest BCUT2D eigenvalue weighted by Gasteiger charge is 2.33. The molecule has 0 saturated carbocycles. The molecule has 0 aliphatic carbocycles. The maximum Gasteiger partial charge on any atom is 0.325 e. The van der Waals surface area contributed by atoms with Gasteiger partial charge in [0.1, 0.15) is 11.4 Å². The van der Waals surface area contributed by atoms with E-state index in [0.29, 0.717) is 18.5 Å². The number of halogens is 2. The van der Waals surface area contributed by atoms with Crippen molar-refractivity contribution < 1.29 is 13.9 Å². The molecule has 0 atom stereocenters. The molecule has 0 N–H and O–H groups in total. The van der Waals surface area contributed by atoms with E-state index in [1.54, 1.807) is 26.0 Å². The molecule has 19 heavy (non-hydrogen) atoms. The van der Waals surface area contributed by atoms with Gasteiger partial charge in [0, 0.05) is 11.0 Å². The molecule has 1 aromatic carbocycles. The van der Waals surface area contributed by atoms with Crippen LogP contribution in [0.15, 0.2) is 22.7 Å². The Hall–Kier alpha value is -0.940. The van der Waals surface area contributed by atoms with E-state index < -0.39 is 5.54 Å². The minimum Gasteiger partial charge on any atom is -0.468 e. The number of nitrogens with zero attached hydrogens (tertiary/aromatic N) is 1. The molecule has 0 aliphatic rings. The van der Waals surface area contributed by atoms with Gasteiger partial charge in [0.2, 0.25) is 0 Å². The average molecular weight is 332 g/mol. The van der Waals surface area contributed by atoms with Gasteiger partial charge in [-0.2, -0.15) is 0 Å². The van der Waals surface area contributed by atoms with Crippen LogP contribution in [0.25, 0.3) is 0 Å². The zero-order valence-electron chi connectivity index (χ0n) is 11.7. The molecule has 0 aliphatic heterocycles. The van der Waals surface area contributed by atoms with Crippen LogP contribution in [-0.4, -0.2) is 37.1 Å². The predicted molar refractivity (Wildman–Crippen MR) is 76.5 cm³/mol. The molecule has 0 fully saturated rings. The van der Waals surface area contributed by atoms with Crippen molar-refractivity contribution in [3.8, 4) is 0 Å². The van der Waals surface area contributed by atoms with Gasteiger partial charge in [0.15, 0.2) is 0 Å². The molecule has 0 saturated heterocycles. The number of carbonyl (C=O) groups excluding carboxylic acids is 1. The quantitative estimate of drug-likeness (QED) is 0.777. The first kappa shape index (κ1) is 16.1. The first-order valence-electron chi connectivity index (χ1n) is 6.02. The normalized spacial score (nSPS) is 11.7. The highest BCUT2D eigenvalue weighted by molar-refractivity contribution is 9.10. The minimum atomic E-state index is -0.725. The number of ether oxygens (including phenoxy) is 1. The Kier molecular flexibility index (Phi) is 5.50. The van der Waals surface area contributed by atoms with E-state index in [4.69, 9.17) is 4.74 Å². The lowest BCUT2D eigenvalue weighted by Crippen LogP contribution is -2.49. The standard InChI is InChI=1S/C14H19BrFNO2/c1-14(2,13(18)19-4)17(3)8-7-10-9-11(15)5-6-12(10)16/h5-6,9H,7-8H2,1-4H3. The van der Waals surface area contributed by atoms with Crippen molar-refractivity contribution in [2.24, 2.45) is 0 Å². The highest BCUT2D eigenvalue weighted by Crippen LogP contribution is 2.18. The van der Waals surface area contributed by atoms with Crippen LogP contribution in [0.1, 0.15) is 19.4 Å². The Labute approximate surface area is 121 Å². The van der Waals surface area contributed by atoms with Crippen LogP contribution >= 0.6 is 15.9 Å². The number of rotatable bonds is 5. The highest BCUT2D eigenvalue weighted by atomic mass is 79.9. The van der Waals surface area contributed by atoms with Crippen LogP contribution in [0.2, 0.25) is 0 Å². The first-order chi connectivity index (χ1) is 8.78. The van der Waals surface area contributed by atoms with Crippen molar-refractivity contribution in [2.75, 3.05) is 20.7 Å². The number of likely N-dealkylation sites (N-methyl/N-ethyl adjacent to an activating group) is 1. The van der Waals surface area contributed by atoms with Gasteiger partial charge >= 0.3 is 5.97 Å². The Morgan fingerprint density at radius 1 is 1.47 bits per heavy atom. The lowest BCUT2D eigenvalue weighted by Gasteiger charge is -2.32. The summed E-state index contributed by atoms with van der Waals surface area (Å²) >= 11 is 3.32. The van der Waals surface area contributed by atoms with Crippen molar-refractivity contribution in [3.63, 3.8) is 0 Å². The van der Waals surface area contributed by atoms with Crippen molar-refractivity contribution in [1.29, 1.82) is 0 Å². The molecule has 1 aromatic rings. The van der Waals surface area contributed by atoms with Crippen LogP contribution in [0, 0.1) is 5.82 Å². The summed E-state index contributed by atoms with van der Waals surface area (Å²) in [4.78, 5) is 13.5. The van der Waals surface area contributed by atoms with Crippen LogP contribution in [0.3, 0.4) is 0 Å². The summed E-state index contributed by atoms with van der Waals surface area (Å²) in [5.41, 5.74) is -0.0982. The topological polar surface area (TPSA) is 29.5 Å². The third kappa shape index (κ3) is 4.01. The Bertz CT molecular complexity index is 463. The van der Waals surface area contributed by atoms with Crippen LogP contribution in [-0.2, 0) is 16.0 Å². The summed E-state index contributed by atoms with van der Waals surface area (Å²) in [6.45, 7) is 4.14. The summed E-state index contributed by atoms with van der Waals surface area (Å²) in [6, 6.07) is 4.86. The monoisotopic (exact) mass is 331 g/mol. The number of benzene rings is 1. The Morgan fingerprint density at radius 3 is 2.68 bits per heavy atom. The number of hydrogen-bond acceptors (Lipinski definition) is 3. The van der Waals surface area contributed by atoms with Crippen molar-refractivity contribution >= 4 is 21.9 Å². The van der Waals surface area contributed by atoms with Crippen molar-refractivity contribution in [2.45, 2.75) is 25.8 Å². The molecule has 1 rings (SSSR count). The van der Waals surface area contributed by atoms with Gasteiger partial charge in [-0.05, 0) is 51.1 Å². The predicted octanol–water partition coefficient (Wildman–Crippen LogP) is 3.01. The summed E-state index contributed by atoms with van der Waals surface area (Å²) in [7, 11) is 3.19. The maximum absolute atomic E-state index is 13.6. The van der Waals surface area contributed by atoms with Gasteiger partial charge in [-0.25, -0.2) is 4.39 Å². The maximum atomic E-state index is 13.6. The Morgan fingerprint density at radius 2 is 2.11 bits per heavy atom. The van der Waals surface area contributed by atoms with Crippen LogP contribution < -0.4 is 0 Å². The number of esters is 1. The number of carbonyl (C=O) groups is 1. The minimum absolute atomic E-state index is 0.229. The number of hydrogen-bond donors (Lipinski definition) is 0. The van der Waals surface area contributed by atoms with E-state index in [9.17, 15) is 9.18 Å². The molecule has 0 unspecified atom stereocenters. The molecule has 0 radical (unpaired) electrons. The van der Waals surface area contributed by atoms with E-state index in [1.165, 1.54) is 13.2 Å². The molecular weight excluding hydrogens is 313 g/mol. The third-order valence-electron chi connectivity index (χ3n) is 3.36. The lowest BCUT2D eigenvalue weighted by atomic mass is 10.0. The second-order valence-corrected chi connectivity index (χ2v) is 5.87. The molecule has 0 aromatic heterocycles. The van der Waals surface area contributed by atoms with Gasteiger partial charge in [-0.3, -0.25) is 9.69 Å². The third-order valence-corrected chi connectivity index (χ3v) is 3.86. The molecule has 0 bridgehead atoms. The fourth-order valence-corrected chi connectivity index (χ4v) is 2.12. The molecule has 106 valence electrons. The van der Waals surface area contributed by atoms with E-state index >= 15 is 0 Å². The van der Waals surface area contributed by atoms with Gasteiger partial charge in [0.05, 0.1) is 7.11 Å². The van der Waals surface area contributed by atoms with Crippen molar-refractivity contribution in [3.05, 3.63) is 34.1 Å². The Balaban J connectivity index is 2.71. The lowest BCUT2D eigenvalue weighted by molar-refractivity contribution is -0.152. The molecular formula is C14H19BrFNO2. The molecule has 3 nitrogen and oxygen atoms in total. The molecule has 0 amide bonds. The van der Waals surface area contributed by atoms with E-state index in [2.05, 4.69) is 15.9 Å². The number of methoxy groups -OCH3 is 1. The van der Waals surface area contributed by atoms with Gasteiger partial charge in [-0.1, -0.05) is 15.9 Å². The largest absolute Gasteiger partial charge is 0.468 e. The van der Waals surface area contributed by atoms with Crippen LogP contribution in [0.5, 0.6) is 0 Å². The fourth-order valence-electron chi connectivity index (χ4n) is 1.71. The average Bonchev–Trinajstić information content (AvgIpc) is 2.38. The molecule has 0 spiro atoms. The first-order valence-corrected chi connectivity index (χ1v) is 6.82. The van der Waals surface area contributed by atoms with Crippen molar-refractivity contribution in [1.82, 2.24) is 4.90 Å². The molecule has 5 heteroatoms. The zero-order valence-corrected chi connectivity index (χ0v) is 13.3. The fraction of sp³-hybridized carbons (Fsp3) is 0.500. The SMILES string of the molecule is COC(=O)C(C)(C)N(C)CCc1cc(Br)ccc1F. The van der Waals surface area contributed by atoms with Crippen LogP contribution in [0.4, 0.5) is 4.39 Å². The smallest absolute Gasteiger partial charge is 0.325 e. The van der Waals surface area contributed by atoms with E-state index in [-0.39, 0.29) is 11.8 Å². The summed E-state index contributed by atoms with van der Waals surface area (Å²) in [5.74, 6) is -0.530. The van der Waals surface area contributed by atoms with E-state index in [1.807, 2.05) is 11.9 Å². The summed E-state index contributed by atoms with van der Waals surface area (Å²) in [6.07, 6.45) is 0.530. The summed E-state index contributed by atoms with van der Waals surface area (Å²) in [5, 5.41) is 0. The van der Waals surface area contributed by atoms with Gasteiger partial charge in [0.25, 0.3) is 0 Å². The zero-order chi connectivity index (χ0) is 14.6. The molecule has 0 heterocycles. The van der Waals surface area contributed by atoms with E-state index in [0.717, 1.165) is 4.47 Å². The second kappa shape index (κ2) is 6.48. The van der Waals surface area contributed by atoms with Gasteiger partial charge < -0.3 is 4.74 Å². The summed E-state index contributed by atoms with van der Waals surface area (Å²) < 4.78 is 19.2.